The molecule has 2 heterocycles. The maximum atomic E-state index is 4.45. The molecule has 0 aromatic carbocycles. The van der Waals surface area contributed by atoms with Crippen LogP contribution in [-0.2, 0) is 0 Å². The lowest BCUT2D eigenvalue weighted by atomic mass is 10.0. The lowest BCUT2D eigenvalue weighted by Crippen LogP contribution is -2.44. The number of nitrogens with one attached hydrogen (secondary N) is 1. The van der Waals surface area contributed by atoms with Crippen molar-refractivity contribution in [2.75, 3.05) is 24.5 Å². The molecule has 0 saturated carbocycles. The molecule has 0 aliphatic carbocycles. The van der Waals surface area contributed by atoms with Crippen LogP contribution in [-0.4, -0.2) is 35.6 Å². The molecule has 4 nitrogen and oxygen atoms in total. The van der Waals surface area contributed by atoms with Crippen LogP contribution in [0.15, 0.2) is 12.4 Å². The number of likely N-dealkylation sites (N-methyl/N-ethyl adjacent to an activating group) is 1. The van der Waals surface area contributed by atoms with E-state index in [-0.39, 0.29) is 0 Å². The monoisotopic (exact) mass is 234 g/mol. The van der Waals surface area contributed by atoms with Crippen LogP contribution in [0.5, 0.6) is 0 Å². The normalized spacial score (nSPS) is 20.2. The molecule has 0 bridgehead atoms. The van der Waals surface area contributed by atoms with Gasteiger partial charge in [0.25, 0.3) is 0 Å². The summed E-state index contributed by atoms with van der Waals surface area (Å²) in [6, 6.07) is 0.602. The van der Waals surface area contributed by atoms with Crippen molar-refractivity contribution >= 4 is 5.82 Å². The fourth-order valence-corrected chi connectivity index (χ4v) is 2.42. The third kappa shape index (κ3) is 3.16. The molecule has 1 aliphatic heterocycles. The van der Waals surface area contributed by atoms with Crippen molar-refractivity contribution in [2.45, 2.75) is 39.2 Å². The van der Waals surface area contributed by atoms with Crippen LogP contribution in [0, 0.1) is 6.92 Å². The first-order chi connectivity index (χ1) is 8.31. The Labute approximate surface area is 103 Å². The molecule has 94 valence electrons. The number of hydrogen-bond acceptors (Lipinski definition) is 4. The minimum Gasteiger partial charge on any atom is -0.354 e. The summed E-state index contributed by atoms with van der Waals surface area (Å²) in [7, 11) is 0. The molecule has 1 saturated heterocycles. The largest absolute Gasteiger partial charge is 0.354 e. The van der Waals surface area contributed by atoms with Crippen molar-refractivity contribution in [3.63, 3.8) is 0 Å². The van der Waals surface area contributed by atoms with E-state index in [9.17, 15) is 0 Å². The molecule has 17 heavy (non-hydrogen) atoms. The van der Waals surface area contributed by atoms with E-state index in [1.54, 1.807) is 12.4 Å². The van der Waals surface area contributed by atoms with Crippen LogP contribution < -0.4 is 10.2 Å². The van der Waals surface area contributed by atoms with Crippen LogP contribution >= 0.6 is 0 Å². The first-order valence-corrected chi connectivity index (χ1v) is 6.57. The zero-order valence-corrected chi connectivity index (χ0v) is 10.8. The van der Waals surface area contributed by atoms with Gasteiger partial charge in [-0.25, -0.2) is 4.98 Å². The van der Waals surface area contributed by atoms with Gasteiger partial charge in [-0.3, -0.25) is 4.98 Å². The van der Waals surface area contributed by atoms with E-state index in [0.717, 1.165) is 31.1 Å². The maximum absolute atomic E-state index is 4.45. The molecule has 1 N–H and O–H groups in total. The van der Waals surface area contributed by atoms with Crippen LogP contribution in [0.25, 0.3) is 0 Å². The van der Waals surface area contributed by atoms with E-state index in [0.29, 0.717) is 6.04 Å². The first-order valence-electron chi connectivity index (χ1n) is 6.57. The van der Waals surface area contributed by atoms with Crippen LogP contribution in [0.2, 0.25) is 0 Å². The van der Waals surface area contributed by atoms with Crippen LogP contribution in [0.4, 0.5) is 5.82 Å². The fourth-order valence-electron chi connectivity index (χ4n) is 2.42. The van der Waals surface area contributed by atoms with Crippen molar-refractivity contribution in [1.29, 1.82) is 0 Å². The molecule has 2 rings (SSSR count). The average Bonchev–Trinajstić information content (AvgIpc) is 2.38. The molecule has 1 aromatic heterocycles. The fraction of sp³-hybridized carbons (Fsp3) is 0.692. The Balaban J connectivity index is 2.03. The summed E-state index contributed by atoms with van der Waals surface area (Å²) in [5, 5.41) is 3.58. The Morgan fingerprint density at radius 2 is 2.18 bits per heavy atom. The maximum Gasteiger partial charge on any atom is 0.150 e. The lowest BCUT2D eigenvalue weighted by molar-refractivity contribution is 0.399. The average molecular weight is 234 g/mol. The van der Waals surface area contributed by atoms with E-state index >= 15 is 0 Å². The summed E-state index contributed by atoms with van der Waals surface area (Å²) in [6.45, 7) is 7.38. The highest BCUT2D eigenvalue weighted by Crippen LogP contribution is 2.16. The highest BCUT2D eigenvalue weighted by Gasteiger charge is 2.17. The summed E-state index contributed by atoms with van der Waals surface area (Å²) in [5.41, 5.74) is 1.02. The van der Waals surface area contributed by atoms with Gasteiger partial charge in [0.05, 0.1) is 5.69 Å². The minimum atomic E-state index is 0.602. The third-order valence-corrected chi connectivity index (χ3v) is 3.39. The molecule has 1 aromatic rings. The van der Waals surface area contributed by atoms with Crippen molar-refractivity contribution in [3.05, 3.63) is 18.1 Å². The SMILES string of the molecule is CCN(CC1CCCCN1)c1nccnc1C. The molecular weight excluding hydrogens is 212 g/mol. The number of piperidine rings is 1. The molecule has 0 spiro atoms. The van der Waals surface area contributed by atoms with Gasteiger partial charge >= 0.3 is 0 Å². The van der Waals surface area contributed by atoms with E-state index in [1.807, 2.05) is 6.92 Å². The van der Waals surface area contributed by atoms with Gasteiger partial charge in [0.15, 0.2) is 0 Å². The molecule has 1 unspecified atom stereocenters. The molecule has 4 heteroatoms. The predicted molar refractivity (Wildman–Crippen MR) is 70.3 cm³/mol. The van der Waals surface area contributed by atoms with E-state index in [1.165, 1.54) is 19.3 Å². The number of rotatable bonds is 4. The molecule has 0 radical (unpaired) electrons. The summed E-state index contributed by atoms with van der Waals surface area (Å²) in [5.74, 6) is 1.03. The molecule has 0 amide bonds. The van der Waals surface area contributed by atoms with Crippen LogP contribution in [0.1, 0.15) is 31.9 Å². The van der Waals surface area contributed by atoms with Crippen molar-refractivity contribution < 1.29 is 0 Å². The second-order valence-corrected chi connectivity index (χ2v) is 4.65. The highest BCUT2D eigenvalue weighted by atomic mass is 15.2. The number of nitrogens with zero attached hydrogens (tertiary/aromatic N) is 3. The Bertz CT molecular complexity index is 347. The topological polar surface area (TPSA) is 41.0 Å². The molecule has 1 aliphatic rings. The van der Waals surface area contributed by atoms with Gasteiger partial charge < -0.3 is 10.2 Å². The van der Waals surface area contributed by atoms with Crippen molar-refractivity contribution in [2.24, 2.45) is 0 Å². The van der Waals surface area contributed by atoms with E-state index in [4.69, 9.17) is 0 Å². The number of aromatic nitrogens is 2. The molecule has 1 fully saturated rings. The van der Waals surface area contributed by atoms with E-state index in [2.05, 4.69) is 27.1 Å². The number of anilines is 1. The Morgan fingerprint density at radius 3 is 2.82 bits per heavy atom. The predicted octanol–water partition coefficient (Wildman–Crippen LogP) is 1.75. The number of hydrogen-bond donors (Lipinski definition) is 1. The van der Waals surface area contributed by atoms with Gasteiger partial charge in [0, 0.05) is 31.5 Å². The highest BCUT2D eigenvalue weighted by molar-refractivity contribution is 5.42. The Morgan fingerprint density at radius 1 is 1.35 bits per heavy atom. The Kier molecular flexibility index (Phi) is 4.31. The van der Waals surface area contributed by atoms with Gasteiger partial charge in [-0.2, -0.15) is 0 Å². The van der Waals surface area contributed by atoms with Gasteiger partial charge in [0.2, 0.25) is 0 Å². The zero-order chi connectivity index (χ0) is 12.1. The standard InChI is InChI=1S/C13H22N4/c1-3-17(10-12-6-4-5-7-15-12)13-11(2)14-8-9-16-13/h8-9,12,15H,3-7,10H2,1-2H3. The van der Waals surface area contributed by atoms with Crippen molar-refractivity contribution in [3.8, 4) is 0 Å². The summed E-state index contributed by atoms with van der Waals surface area (Å²) in [4.78, 5) is 11.1. The Hall–Kier alpha value is -1.16. The summed E-state index contributed by atoms with van der Waals surface area (Å²) in [6.07, 6.45) is 7.46. The summed E-state index contributed by atoms with van der Waals surface area (Å²) < 4.78 is 0. The lowest BCUT2D eigenvalue weighted by Gasteiger charge is -2.31. The third-order valence-electron chi connectivity index (χ3n) is 3.39. The second-order valence-electron chi connectivity index (χ2n) is 4.65. The smallest absolute Gasteiger partial charge is 0.150 e. The first kappa shape index (κ1) is 12.3. The second kappa shape index (κ2) is 5.96. The zero-order valence-electron chi connectivity index (χ0n) is 10.8. The summed E-state index contributed by atoms with van der Waals surface area (Å²) >= 11 is 0. The van der Waals surface area contributed by atoms with Gasteiger partial charge in [-0.1, -0.05) is 6.42 Å². The van der Waals surface area contributed by atoms with Gasteiger partial charge in [-0.15, -0.1) is 0 Å². The minimum absolute atomic E-state index is 0.602. The number of aryl methyl sites for hydroxylation is 1. The van der Waals surface area contributed by atoms with E-state index < -0.39 is 0 Å². The molecular formula is C13H22N4. The van der Waals surface area contributed by atoms with Gasteiger partial charge in [0.1, 0.15) is 5.82 Å². The van der Waals surface area contributed by atoms with Gasteiger partial charge in [-0.05, 0) is 33.2 Å². The van der Waals surface area contributed by atoms with Crippen LogP contribution in [0.3, 0.4) is 0 Å². The quantitative estimate of drug-likeness (QED) is 0.862. The van der Waals surface area contributed by atoms with Crippen molar-refractivity contribution in [1.82, 2.24) is 15.3 Å². The molecule has 1 atom stereocenters.